The minimum Gasteiger partial charge on any atom is -0.341 e. The molecule has 1 nitrogen and oxygen atoms in total. The summed E-state index contributed by atoms with van der Waals surface area (Å²) in [5, 5.41) is 7.71. The highest BCUT2D eigenvalue weighted by Gasteiger charge is 2.23. The van der Waals surface area contributed by atoms with Crippen LogP contribution in [0.4, 0.5) is 0 Å². The van der Waals surface area contributed by atoms with E-state index in [9.17, 15) is 0 Å². The number of benzene rings is 11. The molecule has 12 rings (SSSR count). The maximum Gasteiger partial charge on any atom is 0.0491 e. The third-order valence-electron chi connectivity index (χ3n) is 15.4. The molecule has 0 unspecified atom stereocenters. The predicted octanol–water partition coefficient (Wildman–Crippen LogP) is 20.4. The Hall–Kier alpha value is -8.26. The van der Waals surface area contributed by atoms with Gasteiger partial charge in [-0.15, -0.1) is 0 Å². The average molecular weight is 940 g/mol. The highest BCUT2D eigenvalue weighted by molar-refractivity contribution is 6.22. The first-order valence-corrected chi connectivity index (χ1v) is 26.0. The van der Waals surface area contributed by atoms with E-state index in [-0.39, 0.29) is 10.8 Å². The molecule has 1 heteroatoms. The van der Waals surface area contributed by atoms with Gasteiger partial charge in [0.2, 0.25) is 0 Å². The van der Waals surface area contributed by atoms with Crippen LogP contribution in [-0.2, 0) is 17.4 Å². The predicted molar refractivity (Wildman–Crippen MR) is 316 cm³/mol. The average Bonchev–Trinajstić information content (AvgIpc) is 3.74. The lowest BCUT2D eigenvalue weighted by Gasteiger charge is -2.25. The first-order chi connectivity index (χ1) is 35.4. The third-order valence-corrected chi connectivity index (χ3v) is 15.4. The summed E-state index contributed by atoms with van der Waals surface area (Å²) in [6, 6.07) is 86.3. The Labute approximate surface area is 431 Å². The summed E-state index contributed by atoms with van der Waals surface area (Å²) in [5.41, 5.74) is 22.4. The van der Waals surface area contributed by atoms with Crippen molar-refractivity contribution in [3.8, 4) is 77.9 Å². The summed E-state index contributed by atoms with van der Waals surface area (Å²) < 4.78 is 2.44. The summed E-state index contributed by atoms with van der Waals surface area (Å²) in [6.45, 7) is 17.1. The molecule has 1 aromatic heterocycles. The Balaban J connectivity index is 0.923. The van der Waals surface area contributed by atoms with E-state index < -0.39 is 0 Å². The highest BCUT2D eigenvalue weighted by Crippen LogP contribution is 2.47. The van der Waals surface area contributed by atoms with Crippen molar-refractivity contribution in [2.45, 2.75) is 65.8 Å². The van der Waals surface area contributed by atoms with Gasteiger partial charge < -0.3 is 4.57 Å². The van der Waals surface area contributed by atoms with E-state index >= 15 is 0 Å². The summed E-state index contributed by atoms with van der Waals surface area (Å²) in [4.78, 5) is 0. The molecule has 0 fully saturated rings. The highest BCUT2D eigenvalue weighted by atomic mass is 15.0. The maximum absolute atomic E-state index is 2.47. The number of hydrogen-bond donors (Lipinski definition) is 0. The van der Waals surface area contributed by atoms with Gasteiger partial charge in [-0.3, -0.25) is 0 Å². The molecule has 0 atom stereocenters. The van der Waals surface area contributed by atoms with Crippen molar-refractivity contribution in [3.05, 3.63) is 242 Å². The molecule has 354 valence electrons. The second-order valence-electron chi connectivity index (χ2n) is 22.0. The molecular formula is C72H61N. The van der Waals surface area contributed by atoms with Crippen molar-refractivity contribution in [2.75, 3.05) is 0 Å². The first-order valence-electron chi connectivity index (χ1n) is 26.0. The third kappa shape index (κ3) is 8.43. The zero-order valence-electron chi connectivity index (χ0n) is 43.1. The molecule has 11 aromatic carbocycles. The Morgan fingerprint density at radius 3 is 0.877 bits per heavy atom. The van der Waals surface area contributed by atoms with Crippen LogP contribution in [0.25, 0.3) is 121 Å². The Morgan fingerprint density at radius 2 is 0.548 bits per heavy atom. The zero-order chi connectivity index (χ0) is 50.0. The topological polar surface area (TPSA) is 4.93 Å². The summed E-state index contributed by atoms with van der Waals surface area (Å²) >= 11 is 0. The molecule has 1 heterocycles. The van der Waals surface area contributed by atoms with Gasteiger partial charge in [-0.25, -0.2) is 0 Å². The largest absolute Gasteiger partial charge is 0.341 e. The standard InChI is InChI=1S/C72H61N/c1-8-73-67-41-35-57(48-17-13-10-14-18-48)43-63(67)64-44-58(36-42-68(64)73)54-25-23-51(24-26-54)53-29-33-56(34-30-53)70-62-40-38-59(71(2,3)4)45-65(62)69(61-39-37-60(46-66(61)70)72(5,6)7)55-31-27-52(28-32-55)50-21-19-49(20-22-50)47-15-11-9-12-16-47/h9-46H,8H2,1-7H3. The molecule has 0 saturated heterocycles. The fourth-order valence-corrected chi connectivity index (χ4v) is 11.2. The van der Waals surface area contributed by atoms with Gasteiger partial charge in [0, 0.05) is 28.4 Å². The lowest BCUT2D eigenvalue weighted by atomic mass is 9.79. The van der Waals surface area contributed by atoms with Crippen LogP contribution < -0.4 is 0 Å². The van der Waals surface area contributed by atoms with Crippen molar-refractivity contribution in [2.24, 2.45) is 0 Å². The maximum atomic E-state index is 2.47. The van der Waals surface area contributed by atoms with Crippen LogP contribution in [0.2, 0.25) is 0 Å². The molecule has 0 radical (unpaired) electrons. The monoisotopic (exact) mass is 939 g/mol. The number of hydrogen-bond acceptors (Lipinski definition) is 0. The molecule has 0 aliphatic carbocycles. The minimum absolute atomic E-state index is 0.0154. The van der Waals surface area contributed by atoms with Crippen LogP contribution in [-0.4, -0.2) is 4.57 Å². The van der Waals surface area contributed by atoms with Gasteiger partial charge in [-0.05, 0) is 165 Å². The van der Waals surface area contributed by atoms with Gasteiger partial charge in [0.1, 0.15) is 0 Å². The first kappa shape index (κ1) is 45.9. The fraction of sp³-hybridized carbons (Fsp3) is 0.139. The van der Waals surface area contributed by atoms with Crippen LogP contribution in [0.5, 0.6) is 0 Å². The SMILES string of the molecule is CCn1c2ccc(-c3ccccc3)cc2c2cc(-c3ccc(-c4ccc(-c5c6ccc(C(C)(C)C)cc6c(-c6ccc(-c7ccc(-c8ccccc8)cc7)cc6)c6ccc(C(C)(C)C)cc56)cc4)cc3)ccc21. The number of nitrogens with zero attached hydrogens (tertiary/aromatic N) is 1. The van der Waals surface area contributed by atoms with Crippen molar-refractivity contribution in [3.63, 3.8) is 0 Å². The molecule has 0 aliphatic heterocycles. The summed E-state index contributed by atoms with van der Waals surface area (Å²) in [6.07, 6.45) is 0. The number of aromatic nitrogens is 1. The smallest absolute Gasteiger partial charge is 0.0491 e. The molecule has 0 spiro atoms. The van der Waals surface area contributed by atoms with Crippen LogP contribution in [0.3, 0.4) is 0 Å². The van der Waals surface area contributed by atoms with E-state index in [1.54, 1.807) is 0 Å². The van der Waals surface area contributed by atoms with E-state index in [1.165, 1.54) is 132 Å². The second-order valence-corrected chi connectivity index (χ2v) is 22.0. The zero-order valence-corrected chi connectivity index (χ0v) is 43.1. The molecule has 0 bridgehead atoms. The minimum atomic E-state index is -0.0174. The summed E-state index contributed by atoms with van der Waals surface area (Å²) in [5.74, 6) is 0. The quantitative estimate of drug-likeness (QED) is 0.134. The normalized spacial score (nSPS) is 12.1. The molecule has 73 heavy (non-hydrogen) atoms. The van der Waals surface area contributed by atoms with Crippen LogP contribution in [0.1, 0.15) is 59.6 Å². The van der Waals surface area contributed by atoms with Crippen LogP contribution >= 0.6 is 0 Å². The lowest BCUT2D eigenvalue weighted by molar-refractivity contribution is 0.590. The van der Waals surface area contributed by atoms with E-state index in [0.717, 1.165) is 6.54 Å². The van der Waals surface area contributed by atoms with Crippen molar-refractivity contribution < 1.29 is 0 Å². The van der Waals surface area contributed by atoms with Gasteiger partial charge >= 0.3 is 0 Å². The Kier molecular flexibility index (Phi) is 11.4. The Morgan fingerprint density at radius 1 is 0.260 bits per heavy atom. The Bertz CT molecular complexity index is 3990. The second kappa shape index (κ2) is 18.1. The summed E-state index contributed by atoms with van der Waals surface area (Å²) in [7, 11) is 0. The number of rotatable bonds is 8. The van der Waals surface area contributed by atoms with Gasteiger partial charge in [0.15, 0.2) is 0 Å². The van der Waals surface area contributed by atoms with Gasteiger partial charge in [0.05, 0.1) is 0 Å². The van der Waals surface area contributed by atoms with Crippen LogP contribution in [0.15, 0.2) is 231 Å². The number of fused-ring (bicyclic) bond motifs is 5. The van der Waals surface area contributed by atoms with E-state index in [2.05, 4.69) is 284 Å². The van der Waals surface area contributed by atoms with Gasteiger partial charge in [0.25, 0.3) is 0 Å². The molecule has 0 aliphatic rings. The molecule has 12 aromatic rings. The van der Waals surface area contributed by atoms with Gasteiger partial charge in [-0.2, -0.15) is 0 Å². The van der Waals surface area contributed by atoms with E-state index in [1.807, 2.05) is 0 Å². The molecule has 0 N–H and O–H groups in total. The van der Waals surface area contributed by atoms with E-state index in [0.29, 0.717) is 0 Å². The molecular weight excluding hydrogens is 879 g/mol. The van der Waals surface area contributed by atoms with Crippen molar-refractivity contribution in [1.82, 2.24) is 4.57 Å². The van der Waals surface area contributed by atoms with Crippen molar-refractivity contribution in [1.29, 1.82) is 0 Å². The van der Waals surface area contributed by atoms with Gasteiger partial charge in [-0.1, -0.05) is 236 Å². The molecule has 0 amide bonds. The number of aryl methyl sites for hydroxylation is 1. The van der Waals surface area contributed by atoms with Crippen LogP contribution in [0, 0.1) is 0 Å². The molecule has 0 saturated carbocycles. The van der Waals surface area contributed by atoms with Crippen molar-refractivity contribution >= 4 is 43.4 Å². The van der Waals surface area contributed by atoms with E-state index in [4.69, 9.17) is 0 Å². The lowest BCUT2D eigenvalue weighted by Crippen LogP contribution is -2.11. The fourth-order valence-electron chi connectivity index (χ4n) is 11.2.